The maximum atomic E-state index is 13.3. The third-order valence-corrected chi connectivity index (χ3v) is 4.16. The summed E-state index contributed by atoms with van der Waals surface area (Å²) in [4.78, 5) is 2.30. The molecule has 0 spiro atoms. The van der Waals surface area contributed by atoms with Gasteiger partial charge in [0.15, 0.2) is 0 Å². The van der Waals surface area contributed by atoms with Gasteiger partial charge in [-0.1, -0.05) is 36.4 Å². The lowest BCUT2D eigenvalue weighted by Crippen LogP contribution is -2.34. The molecule has 2 aromatic carbocycles. The van der Waals surface area contributed by atoms with Crippen LogP contribution in [0.15, 0.2) is 54.6 Å². The maximum Gasteiger partial charge on any atom is 0.125 e. The number of rotatable bonds is 3. The molecule has 20 heavy (non-hydrogen) atoms. The number of hydrogen-bond donors (Lipinski definition) is 0. The Labute approximate surface area is 120 Å². The molecule has 104 valence electrons. The molecule has 1 aliphatic rings. The molecule has 1 heterocycles. The third kappa shape index (κ3) is 3.19. The van der Waals surface area contributed by atoms with Crippen molar-refractivity contribution in [2.24, 2.45) is 5.92 Å². The van der Waals surface area contributed by atoms with Crippen molar-refractivity contribution >= 4 is 5.69 Å². The van der Waals surface area contributed by atoms with Crippen molar-refractivity contribution in [3.05, 3.63) is 66.0 Å². The Kier molecular flexibility index (Phi) is 4.00. The molecule has 0 radical (unpaired) electrons. The molecule has 0 N–H and O–H groups in total. The van der Waals surface area contributed by atoms with Gasteiger partial charge in [-0.15, -0.1) is 0 Å². The minimum Gasteiger partial charge on any atom is -0.371 e. The quantitative estimate of drug-likeness (QED) is 0.803. The molecule has 0 atom stereocenters. The molecule has 2 heteroatoms. The zero-order chi connectivity index (χ0) is 13.8. The highest BCUT2D eigenvalue weighted by molar-refractivity contribution is 5.46. The molecule has 0 unspecified atom stereocenters. The van der Waals surface area contributed by atoms with Gasteiger partial charge in [0, 0.05) is 18.8 Å². The van der Waals surface area contributed by atoms with Crippen LogP contribution in [0.2, 0.25) is 0 Å². The Morgan fingerprint density at radius 3 is 2.40 bits per heavy atom. The van der Waals surface area contributed by atoms with E-state index in [1.807, 2.05) is 6.07 Å². The predicted octanol–water partition coefficient (Wildman–Crippen LogP) is 4.28. The van der Waals surface area contributed by atoms with Crippen LogP contribution in [0.25, 0.3) is 0 Å². The SMILES string of the molecule is Fc1cccc(N2CCC(Cc3ccccc3)CC2)c1. The second-order valence-corrected chi connectivity index (χ2v) is 5.60. The molecule has 0 aliphatic carbocycles. The summed E-state index contributed by atoms with van der Waals surface area (Å²) >= 11 is 0. The van der Waals surface area contributed by atoms with Crippen molar-refractivity contribution in [1.29, 1.82) is 0 Å². The number of benzene rings is 2. The van der Waals surface area contributed by atoms with Crippen LogP contribution < -0.4 is 4.90 Å². The lowest BCUT2D eigenvalue weighted by atomic mass is 9.90. The molecule has 0 aromatic heterocycles. The highest BCUT2D eigenvalue weighted by atomic mass is 19.1. The first kappa shape index (κ1) is 13.2. The number of halogens is 1. The van der Waals surface area contributed by atoms with E-state index >= 15 is 0 Å². The minimum absolute atomic E-state index is 0.145. The Bertz CT molecular complexity index is 544. The first-order valence-corrected chi connectivity index (χ1v) is 7.36. The smallest absolute Gasteiger partial charge is 0.125 e. The standard InChI is InChI=1S/C18H20FN/c19-17-7-4-8-18(14-17)20-11-9-16(10-12-20)13-15-5-2-1-3-6-15/h1-8,14,16H,9-13H2. The number of nitrogens with zero attached hydrogens (tertiary/aromatic N) is 1. The van der Waals surface area contributed by atoms with E-state index in [9.17, 15) is 4.39 Å². The van der Waals surface area contributed by atoms with Crippen LogP contribution in [0.4, 0.5) is 10.1 Å². The number of anilines is 1. The van der Waals surface area contributed by atoms with E-state index in [-0.39, 0.29) is 5.82 Å². The first-order valence-electron chi connectivity index (χ1n) is 7.36. The Balaban J connectivity index is 1.57. The van der Waals surface area contributed by atoms with Gasteiger partial charge in [0.05, 0.1) is 0 Å². The summed E-state index contributed by atoms with van der Waals surface area (Å²) in [5.41, 5.74) is 2.44. The maximum absolute atomic E-state index is 13.3. The van der Waals surface area contributed by atoms with E-state index in [0.29, 0.717) is 0 Å². The molecular formula is C18H20FN. The lowest BCUT2D eigenvalue weighted by Gasteiger charge is -2.33. The van der Waals surface area contributed by atoms with Crippen LogP contribution in [0.5, 0.6) is 0 Å². The van der Waals surface area contributed by atoms with Gasteiger partial charge in [0.1, 0.15) is 5.82 Å². The van der Waals surface area contributed by atoms with Crippen molar-refractivity contribution in [3.63, 3.8) is 0 Å². The van der Waals surface area contributed by atoms with Gasteiger partial charge in [-0.2, -0.15) is 0 Å². The highest BCUT2D eigenvalue weighted by Gasteiger charge is 2.19. The predicted molar refractivity (Wildman–Crippen MR) is 81.5 cm³/mol. The van der Waals surface area contributed by atoms with Crippen LogP contribution >= 0.6 is 0 Å². The fraction of sp³-hybridized carbons (Fsp3) is 0.333. The fourth-order valence-electron chi connectivity index (χ4n) is 3.02. The molecule has 2 aromatic rings. The molecule has 1 saturated heterocycles. The normalized spacial score (nSPS) is 16.4. The van der Waals surface area contributed by atoms with Crippen molar-refractivity contribution < 1.29 is 4.39 Å². The van der Waals surface area contributed by atoms with Gasteiger partial charge >= 0.3 is 0 Å². The second kappa shape index (κ2) is 6.08. The van der Waals surface area contributed by atoms with Gasteiger partial charge in [0.25, 0.3) is 0 Å². The van der Waals surface area contributed by atoms with E-state index in [1.165, 1.54) is 24.5 Å². The lowest BCUT2D eigenvalue weighted by molar-refractivity contribution is 0.403. The second-order valence-electron chi connectivity index (χ2n) is 5.60. The Morgan fingerprint density at radius 1 is 0.950 bits per heavy atom. The molecule has 0 amide bonds. The monoisotopic (exact) mass is 269 g/mol. The van der Waals surface area contributed by atoms with Gasteiger partial charge in [-0.3, -0.25) is 0 Å². The molecule has 1 fully saturated rings. The summed E-state index contributed by atoms with van der Waals surface area (Å²) in [6, 6.07) is 17.6. The van der Waals surface area contributed by atoms with Crippen molar-refractivity contribution in [2.45, 2.75) is 19.3 Å². The summed E-state index contributed by atoms with van der Waals surface area (Å²) < 4.78 is 13.3. The zero-order valence-electron chi connectivity index (χ0n) is 11.6. The minimum atomic E-state index is -0.145. The van der Waals surface area contributed by atoms with Crippen LogP contribution in [-0.2, 0) is 6.42 Å². The topological polar surface area (TPSA) is 3.24 Å². The average molecular weight is 269 g/mol. The van der Waals surface area contributed by atoms with Crippen LogP contribution in [0.1, 0.15) is 18.4 Å². The van der Waals surface area contributed by atoms with E-state index in [2.05, 4.69) is 35.2 Å². The van der Waals surface area contributed by atoms with Crippen LogP contribution in [-0.4, -0.2) is 13.1 Å². The summed E-state index contributed by atoms with van der Waals surface area (Å²) in [7, 11) is 0. The summed E-state index contributed by atoms with van der Waals surface area (Å²) in [5, 5.41) is 0. The molecule has 3 rings (SSSR count). The van der Waals surface area contributed by atoms with Gasteiger partial charge in [0.2, 0.25) is 0 Å². The molecule has 0 saturated carbocycles. The average Bonchev–Trinajstić information content (AvgIpc) is 2.49. The van der Waals surface area contributed by atoms with Crippen molar-refractivity contribution in [2.75, 3.05) is 18.0 Å². The van der Waals surface area contributed by atoms with Crippen molar-refractivity contribution in [3.8, 4) is 0 Å². The van der Waals surface area contributed by atoms with E-state index in [1.54, 1.807) is 12.1 Å². The van der Waals surface area contributed by atoms with Gasteiger partial charge in [-0.05, 0) is 48.9 Å². The largest absolute Gasteiger partial charge is 0.371 e. The molecule has 1 nitrogen and oxygen atoms in total. The van der Waals surface area contributed by atoms with Gasteiger partial charge < -0.3 is 4.90 Å². The third-order valence-electron chi connectivity index (χ3n) is 4.16. The van der Waals surface area contributed by atoms with Crippen molar-refractivity contribution in [1.82, 2.24) is 0 Å². The van der Waals surface area contributed by atoms with E-state index < -0.39 is 0 Å². The van der Waals surface area contributed by atoms with E-state index in [4.69, 9.17) is 0 Å². The van der Waals surface area contributed by atoms with Crippen LogP contribution in [0.3, 0.4) is 0 Å². The molecular weight excluding hydrogens is 249 g/mol. The highest BCUT2D eigenvalue weighted by Crippen LogP contribution is 2.26. The summed E-state index contributed by atoms with van der Waals surface area (Å²) in [6.07, 6.45) is 3.54. The Morgan fingerprint density at radius 2 is 1.70 bits per heavy atom. The first-order chi connectivity index (χ1) is 9.81. The summed E-state index contributed by atoms with van der Waals surface area (Å²) in [5.74, 6) is 0.608. The van der Waals surface area contributed by atoms with Gasteiger partial charge in [-0.25, -0.2) is 4.39 Å². The fourth-order valence-corrected chi connectivity index (χ4v) is 3.02. The Hall–Kier alpha value is -1.83. The number of hydrogen-bond acceptors (Lipinski definition) is 1. The summed E-state index contributed by atoms with van der Waals surface area (Å²) in [6.45, 7) is 2.06. The number of piperidine rings is 1. The molecule has 1 aliphatic heterocycles. The van der Waals surface area contributed by atoms with Crippen LogP contribution in [0, 0.1) is 11.7 Å². The zero-order valence-corrected chi connectivity index (χ0v) is 11.6. The van der Waals surface area contributed by atoms with E-state index in [0.717, 1.165) is 31.1 Å². The molecule has 0 bridgehead atoms.